The van der Waals surface area contributed by atoms with Gasteiger partial charge >= 0.3 is 0 Å². The van der Waals surface area contributed by atoms with E-state index in [2.05, 4.69) is 36.2 Å². The quantitative estimate of drug-likeness (QED) is 0.715. The normalized spacial score (nSPS) is 10.4. The Balaban J connectivity index is 2.42. The third kappa shape index (κ3) is 1.82. The molecule has 0 bridgehead atoms. The molecular formula is C11H12N2S. The lowest BCUT2D eigenvalue weighted by Crippen LogP contribution is -1.92. The molecule has 2 aromatic rings. The van der Waals surface area contributed by atoms with Crippen molar-refractivity contribution in [1.82, 2.24) is 9.55 Å². The maximum atomic E-state index is 4.05. The lowest BCUT2D eigenvalue weighted by atomic mass is 10.3. The van der Waals surface area contributed by atoms with E-state index in [0.717, 1.165) is 5.75 Å². The Labute approximate surface area is 88.0 Å². The molecule has 14 heavy (non-hydrogen) atoms. The van der Waals surface area contributed by atoms with Gasteiger partial charge in [-0.05, 0) is 17.9 Å². The summed E-state index contributed by atoms with van der Waals surface area (Å²) in [7, 11) is 0. The van der Waals surface area contributed by atoms with Gasteiger partial charge in [0.15, 0.2) is 0 Å². The molecule has 0 N–H and O–H groups in total. The van der Waals surface area contributed by atoms with Crippen molar-refractivity contribution in [1.29, 1.82) is 0 Å². The van der Waals surface area contributed by atoms with Crippen LogP contribution in [0.4, 0.5) is 0 Å². The number of hydrogen-bond donors (Lipinski definition) is 0. The number of thioether (sulfide) groups is 1. The van der Waals surface area contributed by atoms with E-state index in [1.165, 1.54) is 10.6 Å². The second-order valence-corrected chi connectivity index (χ2v) is 4.18. The van der Waals surface area contributed by atoms with E-state index in [0.29, 0.717) is 0 Å². The molecule has 0 amide bonds. The smallest absolute Gasteiger partial charge is 0.0992 e. The van der Waals surface area contributed by atoms with Crippen LogP contribution in [0.25, 0.3) is 5.69 Å². The Bertz CT molecular complexity index is 395. The molecule has 0 aliphatic rings. The monoisotopic (exact) mass is 204 g/mol. The fourth-order valence-electron chi connectivity index (χ4n) is 1.35. The van der Waals surface area contributed by atoms with Crippen LogP contribution in [0.1, 0.15) is 6.92 Å². The van der Waals surface area contributed by atoms with Gasteiger partial charge in [0.25, 0.3) is 0 Å². The molecular weight excluding hydrogens is 192 g/mol. The van der Waals surface area contributed by atoms with Gasteiger partial charge in [0.05, 0.1) is 12.0 Å². The fraction of sp³-hybridized carbons (Fsp3) is 0.182. The van der Waals surface area contributed by atoms with Crippen LogP contribution in [0.2, 0.25) is 0 Å². The standard InChI is InChI=1S/C11H12N2S/c1-2-14-11-6-4-3-5-10(11)13-8-7-12-9-13/h3-9H,2H2,1H3. The van der Waals surface area contributed by atoms with Crippen molar-refractivity contribution < 1.29 is 0 Å². The molecule has 0 aliphatic heterocycles. The van der Waals surface area contributed by atoms with E-state index < -0.39 is 0 Å². The number of hydrogen-bond acceptors (Lipinski definition) is 2. The summed E-state index contributed by atoms with van der Waals surface area (Å²) in [5.74, 6) is 1.09. The van der Waals surface area contributed by atoms with Crippen molar-refractivity contribution in [3.8, 4) is 5.69 Å². The zero-order valence-electron chi connectivity index (χ0n) is 8.05. The van der Waals surface area contributed by atoms with E-state index in [4.69, 9.17) is 0 Å². The van der Waals surface area contributed by atoms with Crippen LogP contribution in [-0.4, -0.2) is 15.3 Å². The summed E-state index contributed by atoms with van der Waals surface area (Å²) in [6, 6.07) is 8.37. The molecule has 0 saturated carbocycles. The summed E-state index contributed by atoms with van der Waals surface area (Å²) in [5.41, 5.74) is 1.21. The highest BCUT2D eigenvalue weighted by molar-refractivity contribution is 7.99. The summed E-state index contributed by atoms with van der Waals surface area (Å²) in [4.78, 5) is 5.35. The molecule has 0 aliphatic carbocycles. The molecule has 0 radical (unpaired) electrons. The van der Waals surface area contributed by atoms with Crippen molar-refractivity contribution in [3.63, 3.8) is 0 Å². The van der Waals surface area contributed by atoms with Gasteiger partial charge in [-0.2, -0.15) is 0 Å². The van der Waals surface area contributed by atoms with Crippen molar-refractivity contribution >= 4 is 11.8 Å². The van der Waals surface area contributed by atoms with Gasteiger partial charge in [0, 0.05) is 17.3 Å². The molecule has 0 atom stereocenters. The molecule has 0 spiro atoms. The van der Waals surface area contributed by atoms with Gasteiger partial charge in [-0.15, -0.1) is 11.8 Å². The molecule has 3 heteroatoms. The van der Waals surface area contributed by atoms with Gasteiger partial charge in [0.2, 0.25) is 0 Å². The Morgan fingerprint density at radius 2 is 2.21 bits per heavy atom. The lowest BCUT2D eigenvalue weighted by Gasteiger charge is -2.07. The average molecular weight is 204 g/mol. The Hall–Kier alpha value is -1.22. The van der Waals surface area contributed by atoms with Crippen molar-refractivity contribution in [2.75, 3.05) is 5.75 Å². The Morgan fingerprint density at radius 1 is 1.36 bits per heavy atom. The molecule has 1 aromatic carbocycles. The van der Waals surface area contributed by atoms with E-state index in [1.54, 1.807) is 6.20 Å². The first-order valence-corrected chi connectivity index (χ1v) is 5.60. The van der Waals surface area contributed by atoms with Crippen molar-refractivity contribution in [2.45, 2.75) is 11.8 Å². The lowest BCUT2D eigenvalue weighted by molar-refractivity contribution is 1.02. The van der Waals surface area contributed by atoms with Gasteiger partial charge in [-0.3, -0.25) is 0 Å². The zero-order chi connectivity index (χ0) is 9.80. The third-order valence-corrected chi connectivity index (χ3v) is 2.89. The number of para-hydroxylation sites is 1. The first-order chi connectivity index (χ1) is 6.92. The number of aromatic nitrogens is 2. The number of benzene rings is 1. The van der Waals surface area contributed by atoms with Crippen LogP contribution in [0.3, 0.4) is 0 Å². The van der Waals surface area contributed by atoms with E-state index in [-0.39, 0.29) is 0 Å². The summed E-state index contributed by atoms with van der Waals surface area (Å²) in [6.45, 7) is 2.16. The first kappa shape index (κ1) is 9.34. The Morgan fingerprint density at radius 3 is 2.93 bits per heavy atom. The van der Waals surface area contributed by atoms with Gasteiger partial charge < -0.3 is 4.57 Å². The summed E-state index contributed by atoms with van der Waals surface area (Å²) in [5, 5.41) is 0. The van der Waals surface area contributed by atoms with Crippen LogP contribution < -0.4 is 0 Å². The van der Waals surface area contributed by atoms with Gasteiger partial charge in [-0.25, -0.2) is 4.98 Å². The number of rotatable bonds is 3. The molecule has 72 valence electrons. The predicted molar refractivity (Wildman–Crippen MR) is 60.0 cm³/mol. The molecule has 0 unspecified atom stereocenters. The van der Waals surface area contributed by atoms with Crippen LogP contribution in [-0.2, 0) is 0 Å². The van der Waals surface area contributed by atoms with E-state index >= 15 is 0 Å². The van der Waals surface area contributed by atoms with Crippen LogP contribution in [0, 0.1) is 0 Å². The highest BCUT2D eigenvalue weighted by Crippen LogP contribution is 2.24. The van der Waals surface area contributed by atoms with Crippen molar-refractivity contribution in [3.05, 3.63) is 43.0 Å². The molecule has 2 nitrogen and oxygen atoms in total. The minimum absolute atomic E-state index is 1.09. The maximum Gasteiger partial charge on any atom is 0.0992 e. The summed E-state index contributed by atoms with van der Waals surface area (Å²) >= 11 is 1.85. The Kier molecular flexibility index (Phi) is 2.89. The first-order valence-electron chi connectivity index (χ1n) is 4.62. The zero-order valence-corrected chi connectivity index (χ0v) is 8.87. The number of imidazole rings is 1. The SMILES string of the molecule is CCSc1ccccc1-n1ccnc1. The van der Waals surface area contributed by atoms with Gasteiger partial charge in [-0.1, -0.05) is 19.1 Å². The van der Waals surface area contributed by atoms with Crippen LogP contribution in [0.15, 0.2) is 47.9 Å². The minimum Gasteiger partial charge on any atom is -0.305 e. The molecule has 0 fully saturated rings. The predicted octanol–water partition coefficient (Wildman–Crippen LogP) is 2.98. The molecule has 0 saturated heterocycles. The number of nitrogens with zero attached hydrogens (tertiary/aromatic N) is 2. The molecule has 1 heterocycles. The largest absolute Gasteiger partial charge is 0.305 e. The second-order valence-electron chi connectivity index (χ2n) is 2.87. The van der Waals surface area contributed by atoms with E-state index in [9.17, 15) is 0 Å². The third-order valence-electron chi connectivity index (χ3n) is 1.95. The van der Waals surface area contributed by atoms with Crippen LogP contribution >= 0.6 is 11.8 Å². The maximum absolute atomic E-state index is 4.05. The fourth-order valence-corrected chi connectivity index (χ4v) is 2.16. The molecule has 1 aromatic heterocycles. The highest BCUT2D eigenvalue weighted by atomic mass is 32.2. The highest BCUT2D eigenvalue weighted by Gasteiger charge is 2.01. The van der Waals surface area contributed by atoms with Crippen LogP contribution in [0.5, 0.6) is 0 Å². The van der Waals surface area contributed by atoms with Gasteiger partial charge in [0.1, 0.15) is 0 Å². The van der Waals surface area contributed by atoms with E-state index in [1.807, 2.05) is 28.9 Å². The second kappa shape index (κ2) is 4.33. The topological polar surface area (TPSA) is 17.8 Å². The average Bonchev–Trinajstić information content (AvgIpc) is 2.72. The van der Waals surface area contributed by atoms with Crippen molar-refractivity contribution in [2.24, 2.45) is 0 Å². The summed E-state index contributed by atoms with van der Waals surface area (Å²) in [6.07, 6.45) is 5.59. The summed E-state index contributed by atoms with van der Waals surface area (Å²) < 4.78 is 2.04. The molecule has 2 rings (SSSR count). The minimum atomic E-state index is 1.09.